The Kier molecular flexibility index (Phi) is 9.96. The van der Waals surface area contributed by atoms with Crippen molar-refractivity contribution in [1.82, 2.24) is 18.7 Å². The van der Waals surface area contributed by atoms with Crippen LogP contribution in [0, 0.1) is 19.1 Å². The molecule has 0 saturated carbocycles. The Labute approximate surface area is 369 Å². The van der Waals surface area contributed by atoms with Crippen molar-refractivity contribution in [3.8, 4) is 39.4 Å². The summed E-state index contributed by atoms with van der Waals surface area (Å²) < 4.78 is 6.72. The van der Waals surface area contributed by atoms with E-state index in [1.807, 2.05) is 12.3 Å². The van der Waals surface area contributed by atoms with Crippen LogP contribution < -0.4 is 4.90 Å². The SMILES string of the molecule is Cc1ccnc(-n2c3[c-]c(N(c4[c-]c(-n5[cH+]n(-c6ccccc6)c6ccccc65)ccc4)c4c(-c5ccccc5)cccc4-c4ccccc4)ccc3c3ccccc32)c1.[Pt]. The minimum Gasteiger partial charge on any atom is -0.357 e. The molecule has 0 aliphatic rings. The van der Waals surface area contributed by atoms with Gasteiger partial charge in [0.2, 0.25) is 0 Å². The number of aromatic nitrogens is 4. The van der Waals surface area contributed by atoms with Crippen LogP contribution in [0.4, 0.5) is 17.1 Å². The number of nitrogens with zero attached hydrogens (tertiary/aromatic N) is 5. The Hall–Kier alpha value is -7.33. The van der Waals surface area contributed by atoms with Crippen molar-refractivity contribution in [2.45, 2.75) is 6.92 Å². The molecule has 11 aromatic rings. The average molecular weight is 964 g/mol. The molecule has 3 heterocycles. The first kappa shape index (κ1) is 37.9. The van der Waals surface area contributed by atoms with Gasteiger partial charge >= 0.3 is 0 Å². The third kappa shape index (κ3) is 6.74. The summed E-state index contributed by atoms with van der Waals surface area (Å²) in [7, 11) is 0. The number of anilines is 3. The summed E-state index contributed by atoms with van der Waals surface area (Å²) in [6.07, 6.45) is 4.05. The number of fused-ring (bicyclic) bond motifs is 4. The first-order valence-corrected chi connectivity index (χ1v) is 20.2. The van der Waals surface area contributed by atoms with Crippen LogP contribution in [-0.4, -0.2) is 18.7 Å². The van der Waals surface area contributed by atoms with Crippen LogP contribution in [0.15, 0.2) is 213 Å². The van der Waals surface area contributed by atoms with Crippen molar-refractivity contribution in [2.75, 3.05) is 4.90 Å². The zero-order valence-corrected chi connectivity index (χ0v) is 35.5. The molecule has 11 rings (SSSR count). The van der Waals surface area contributed by atoms with Gasteiger partial charge in [0, 0.05) is 61.7 Å². The normalized spacial score (nSPS) is 11.2. The maximum absolute atomic E-state index is 4.89. The van der Waals surface area contributed by atoms with Gasteiger partial charge in [-0.1, -0.05) is 150 Å². The van der Waals surface area contributed by atoms with Gasteiger partial charge in [0.1, 0.15) is 11.5 Å². The van der Waals surface area contributed by atoms with Crippen molar-refractivity contribution in [2.24, 2.45) is 0 Å². The minimum atomic E-state index is 0. The van der Waals surface area contributed by atoms with E-state index in [1.165, 1.54) is 0 Å². The van der Waals surface area contributed by atoms with Crippen molar-refractivity contribution in [1.29, 1.82) is 0 Å². The zero-order valence-electron chi connectivity index (χ0n) is 33.3. The van der Waals surface area contributed by atoms with Gasteiger partial charge in [-0.3, -0.25) is 0 Å². The van der Waals surface area contributed by atoms with Crippen molar-refractivity contribution in [3.63, 3.8) is 0 Å². The Morgan fingerprint density at radius 2 is 1.10 bits per heavy atom. The van der Waals surface area contributed by atoms with Gasteiger partial charge in [0.05, 0.1) is 5.69 Å². The predicted molar refractivity (Wildman–Crippen MR) is 247 cm³/mol. The number of hydrogen-bond donors (Lipinski definition) is 0. The fourth-order valence-corrected chi connectivity index (χ4v) is 8.56. The molecule has 0 aliphatic heterocycles. The molecule has 0 bridgehead atoms. The van der Waals surface area contributed by atoms with E-state index in [2.05, 4.69) is 238 Å². The molecule has 8 aromatic carbocycles. The molecule has 61 heavy (non-hydrogen) atoms. The number of benzene rings is 8. The summed E-state index contributed by atoms with van der Waals surface area (Å²) >= 11 is 0. The molecule has 3 aromatic heterocycles. The summed E-state index contributed by atoms with van der Waals surface area (Å²) in [4.78, 5) is 7.24. The van der Waals surface area contributed by atoms with Gasteiger partial charge in [-0.05, 0) is 59.3 Å². The van der Waals surface area contributed by atoms with Crippen LogP contribution in [-0.2, 0) is 21.1 Å². The van der Waals surface area contributed by atoms with E-state index in [9.17, 15) is 0 Å². The first-order valence-electron chi connectivity index (χ1n) is 20.2. The van der Waals surface area contributed by atoms with E-state index in [0.29, 0.717) is 0 Å². The minimum absolute atomic E-state index is 0. The Bertz CT molecular complexity index is 3280. The molecule has 0 spiro atoms. The molecule has 0 unspecified atom stereocenters. The van der Waals surface area contributed by atoms with Gasteiger partial charge < -0.3 is 9.47 Å². The van der Waals surface area contributed by atoms with Crippen molar-refractivity contribution in [3.05, 3.63) is 230 Å². The Morgan fingerprint density at radius 3 is 1.79 bits per heavy atom. The molecular weight excluding hydrogens is 926 g/mol. The van der Waals surface area contributed by atoms with E-state index < -0.39 is 0 Å². The van der Waals surface area contributed by atoms with Crippen LogP contribution in [0.2, 0.25) is 0 Å². The van der Waals surface area contributed by atoms with Crippen LogP contribution in [0.25, 0.3) is 72.3 Å². The molecule has 0 radical (unpaired) electrons. The average Bonchev–Trinajstić information content (AvgIpc) is 3.86. The zero-order chi connectivity index (χ0) is 40.0. The third-order valence-electron chi connectivity index (χ3n) is 11.3. The smallest absolute Gasteiger partial charge is 0.168 e. The predicted octanol–water partition coefficient (Wildman–Crippen LogP) is 13.9. The van der Waals surface area contributed by atoms with Crippen molar-refractivity contribution < 1.29 is 21.1 Å². The number of para-hydroxylation sites is 5. The maximum Gasteiger partial charge on any atom is 0.168 e. The number of aryl methyl sites for hydroxylation is 1. The molecule has 5 nitrogen and oxygen atoms in total. The van der Waals surface area contributed by atoms with Gasteiger partial charge in [0.25, 0.3) is 0 Å². The molecule has 0 atom stereocenters. The second-order valence-corrected chi connectivity index (χ2v) is 15.0. The molecule has 0 amide bonds. The van der Waals surface area contributed by atoms with Crippen LogP contribution in [0.5, 0.6) is 0 Å². The fourth-order valence-electron chi connectivity index (χ4n) is 8.56. The first-order chi connectivity index (χ1) is 29.7. The summed E-state index contributed by atoms with van der Waals surface area (Å²) in [5.41, 5.74) is 14.6. The molecule has 0 N–H and O–H groups in total. The number of pyridine rings is 1. The van der Waals surface area contributed by atoms with E-state index in [4.69, 9.17) is 4.98 Å². The molecular formula is C55H38N5Pt-. The van der Waals surface area contributed by atoms with E-state index in [0.717, 1.165) is 94.9 Å². The molecule has 6 heteroatoms. The largest absolute Gasteiger partial charge is 0.357 e. The van der Waals surface area contributed by atoms with Crippen LogP contribution in [0.1, 0.15) is 5.56 Å². The summed E-state index contributed by atoms with van der Waals surface area (Å²) in [5.74, 6) is 0.857. The molecule has 294 valence electrons. The van der Waals surface area contributed by atoms with Crippen LogP contribution >= 0.6 is 0 Å². The standard InChI is InChI=1S/C55H38N5.Pt/c1-39-33-34-56-54(35-39)60-50-28-12-11-25-48(50)49-32-31-45(37-53(49)60)59(55-46(40-17-5-2-6-18-40)26-16-27-47(55)41-19-7-3-8-20-41)44-24-15-23-43(36-44)58-38-57(42-21-9-4-10-22-42)51-29-13-14-30-52(51)58;/h2-35,38H,1H3;/q-1;. The topological polar surface area (TPSA) is 30.9 Å². The quantitative estimate of drug-likeness (QED) is 0.142. The summed E-state index contributed by atoms with van der Waals surface area (Å²) in [6, 6.07) is 78.5. The van der Waals surface area contributed by atoms with Crippen LogP contribution in [0.3, 0.4) is 0 Å². The fraction of sp³-hybridized carbons (Fsp3) is 0.0182. The van der Waals surface area contributed by atoms with Gasteiger partial charge in [-0.2, -0.15) is 16.7 Å². The second-order valence-electron chi connectivity index (χ2n) is 15.0. The van der Waals surface area contributed by atoms with Gasteiger partial charge in [-0.15, -0.1) is 29.7 Å². The molecule has 0 fully saturated rings. The monoisotopic (exact) mass is 963 g/mol. The van der Waals surface area contributed by atoms with Gasteiger partial charge in [-0.25, -0.2) is 9.55 Å². The maximum atomic E-state index is 4.89. The summed E-state index contributed by atoms with van der Waals surface area (Å²) in [6.45, 7) is 2.11. The second kappa shape index (κ2) is 16.0. The van der Waals surface area contributed by atoms with Gasteiger partial charge in [0.15, 0.2) is 17.4 Å². The number of rotatable bonds is 8. The number of hydrogen-bond acceptors (Lipinski definition) is 2. The summed E-state index contributed by atoms with van der Waals surface area (Å²) in [5, 5.41) is 2.26. The van der Waals surface area contributed by atoms with E-state index in [1.54, 1.807) is 0 Å². The Morgan fingerprint density at radius 1 is 0.508 bits per heavy atom. The van der Waals surface area contributed by atoms with Crippen molar-refractivity contribution >= 4 is 49.9 Å². The molecule has 0 saturated heterocycles. The van der Waals surface area contributed by atoms with E-state index >= 15 is 0 Å². The number of imidazole rings is 1. The van der Waals surface area contributed by atoms with E-state index in [-0.39, 0.29) is 21.1 Å². The third-order valence-corrected chi connectivity index (χ3v) is 11.3. The molecule has 0 aliphatic carbocycles. The Balaban J connectivity index is 0.00000445.